The van der Waals surface area contributed by atoms with Crippen LogP contribution in [0.4, 0.5) is 0 Å². The van der Waals surface area contributed by atoms with Crippen molar-refractivity contribution in [2.24, 2.45) is 0 Å². The van der Waals surface area contributed by atoms with Crippen molar-refractivity contribution in [1.29, 1.82) is 0 Å². The van der Waals surface area contributed by atoms with Gasteiger partial charge in [0.25, 0.3) is 0 Å². The van der Waals surface area contributed by atoms with Gasteiger partial charge in [0, 0.05) is 43.9 Å². The summed E-state index contributed by atoms with van der Waals surface area (Å²) in [5, 5.41) is 4.68. The van der Waals surface area contributed by atoms with Crippen molar-refractivity contribution in [2.75, 3.05) is 0 Å². The van der Waals surface area contributed by atoms with Gasteiger partial charge >= 0.3 is 0 Å². The molecule has 3 heterocycles. The molecule has 0 aliphatic rings. The van der Waals surface area contributed by atoms with Crippen LogP contribution in [0.1, 0.15) is 0 Å². The molecule has 0 aliphatic carbocycles. The monoisotopic (exact) mass is 638 g/mol. The van der Waals surface area contributed by atoms with Gasteiger partial charge in [-0.3, -0.25) is 0 Å². The van der Waals surface area contributed by atoms with Crippen molar-refractivity contribution < 1.29 is 4.42 Å². The van der Waals surface area contributed by atoms with Gasteiger partial charge in [-0.1, -0.05) is 140 Å². The van der Waals surface area contributed by atoms with Gasteiger partial charge in [0.1, 0.15) is 11.2 Å². The Bertz CT molecular complexity index is 2850. The highest BCUT2D eigenvalue weighted by Gasteiger charge is 2.17. The number of furan rings is 1. The highest BCUT2D eigenvalue weighted by molar-refractivity contribution is 6.11. The number of pyridine rings is 1. The second kappa shape index (κ2) is 11.5. The van der Waals surface area contributed by atoms with E-state index in [0.29, 0.717) is 0 Å². The van der Waals surface area contributed by atoms with E-state index in [1.807, 2.05) is 18.2 Å². The maximum atomic E-state index is 6.53. The Hall–Kier alpha value is -6.71. The second-order valence-corrected chi connectivity index (χ2v) is 12.8. The van der Waals surface area contributed by atoms with E-state index < -0.39 is 0 Å². The molecular weight excluding hydrogens is 609 g/mol. The molecule has 0 radical (unpaired) electrons. The average Bonchev–Trinajstić information content (AvgIpc) is 3.74. The summed E-state index contributed by atoms with van der Waals surface area (Å²) < 4.78 is 8.88. The minimum absolute atomic E-state index is 0.885. The second-order valence-electron chi connectivity index (χ2n) is 12.8. The molecule has 0 spiro atoms. The van der Waals surface area contributed by atoms with Gasteiger partial charge in [-0.15, -0.1) is 0 Å². The number of para-hydroxylation sites is 4. The first-order valence-corrected chi connectivity index (χ1v) is 17.0. The zero-order chi connectivity index (χ0) is 33.0. The Morgan fingerprint density at radius 2 is 0.980 bits per heavy atom. The van der Waals surface area contributed by atoms with Gasteiger partial charge in [0.05, 0.1) is 22.4 Å². The maximum Gasteiger partial charge on any atom is 0.143 e. The lowest BCUT2D eigenvalue weighted by Gasteiger charge is -2.12. The van der Waals surface area contributed by atoms with Crippen LogP contribution in [0.5, 0.6) is 0 Å². The lowest BCUT2D eigenvalue weighted by Crippen LogP contribution is -1.94. The van der Waals surface area contributed by atoms with E-state index in [1.54, 1.807) is 0 Å². The Morgan fingerprint density at radius 3 is 1.80 bits per heavy atom. The maximum absolute atomic E-state index is 6.53. The zero-order valence-corrected chi connectivity index (χ0v) is 27.1. The van der Waals surface area contributed by atoms with E-state index in [0.717, 1.165) is 66.8 Å². The summed E-state index contributed by atoms with van der Waals surface area (Å²) in [6.07, 6.45) is 0. The van der Waals surface area contributed by atoms with Crippen LogP contribution in [-0.4, -0.2) is 9.55 Å². The smallest absolute Gasteiger partial charge is 0.143 e. The summed E-state index contributed by atoms with van der Waals surface area (Å²) in [7, 11) is 0. The summed E-state index contributed by atoms with van der Waals surface area (Å²) in [6.45, 7) is 0. The molecule has 0 N–H and O–H groups in total. The molecule has 0 amide bonds. The number of aromatic nitrogens is 2. The minimum Gasteiger partial charge on any atom is -0.455 e. The largest absolute Gasteiger partial charge is 0.455 e. The summed E-state index contributed by atoms with van der Waals surface area (Å²) in [4.78, 5) is 5.35. The van der Waals surface area contributed by atoms with Gasteiger partial charge in [-0.2, -0.15) is 0 Å². The summed E-state index contributed by atoms with van der Waals surface area (Å²) in [5.41, 5.74) is 13.6. The third-order valence-electron chi connectivity index (χ3n) is 9.81. The third-order valence-corrected chi connectivity index (χ3v) is 9.81. The lowest BCUT2D eigenvalue weighted by molar-refractivity contribution is 0.670. The number of hydrogen-bond donors (Lipinski definition) is 0. The van der Waals surface area contributed by atoms with E-state index in [9.17, 15) is 0 Å². The molecule has 10 aromatic rings. The number of hydrogen-bond acceptors (Lipinski definition) is 2. The molecule has 10 rings (SSSR count). The molecule has 50 heavy (non-hydrogen) atoms. The first-order valence-electron chi connectivity index (χ1n) is 17.0. The fraction of sp³-hybridized carbons (Fsp3) is 0. The predicted molar refractivity (Wildman–Crippen MR) is 208 cm³/mol. The molecule has 0 unspecified atom stereocenters. The van der Waals surface area contributed by atoms with Crippen LogP contribution in [0.3, 0.4) is 0 Å². The van der Waals surface area contributed by atoms with Crippen LogP contribution in [0, 0.1) is 0 Å². The minimum atomic E-state index is 0.885. The molecule has 0 saturated carbocycles. The number of nitrogens with zero attached hydrogens (tertiary/aromatic N) is 2. The molecule has 0 bridgehead atoms. The molecule has 3 nitrogen and oxygen atoms in total. The first kappa shape index (κ1) is 28.3. The molecule has 0 atom stereocenters. The molecule has 0 saturated heterocycles. The molecule has 0 aliphatic heterocycles. The molecular formula is C47H30N2O. The topological polar surface area (TPSA) is 31.0 Å². The third kappa shape index (κ3) is 4.63. The fourth-order valence-corrected chi connectivity index (χ4v) is 7.41. The van der Waals surface area contributed by atoms with Crippen molar-refractivity contribution in [2.45, 2.75) is 0 Å². The van der Waals surface area contributed by atoms with Gasteiger partial charge in [0.15, 0.2) is 0 Å². The average molecular weight is 639 g/mol. The van der Waals surface area contributed by atoms with Gasteiger partial charge < -0.3 is 8.98 Å². The highest BCUT2D eigenvalue weighted by Crippen LogP contribution is 2.40. The highest BCUT2D eigenvalue weighted by atomic mass is 16.3. The summed E-state index contributed by atoms with van der Waals surface area (Å²) >= 11 is 0. The molecule has 7 aromatic carbocycles. The number of fused-ring (bicyclic) bond motifs is 6. The van der Waals surface area contributed by atoms with Gasteiger partial charge in [-0.25, -0.2) is 4.98 Å². The van der Waals surface area contributed by atoms with Crippen LogP contribution >= 0.6 is 0 Å². The Balaban J connectivity index is 1.20. The molecule has 0 fully saturated rings. The Morgan fingerprint density at radius 1 is 0.380 bits per heavy atom. The van der Waals surface area contributed by atoms with Crippen LogP contribution in [0.25, 0.3) is 94.2 Å². The quantitative estimate of drug-likeness (QED) is 0.188. The molecule has 234 valence electrons. The summed E-state index contributed by atoms with van der Waals surface area (Å²) in [6, 6.07) is 64.3. The van der Waals surface area contributed by atoms with E-state index in [1.165, 1.54) is 27.4 Å². The van der Waals surface area contributed by atoms with Crippen molar-refractivity contribution in [3.8, 4) is 50.5 Å². The lowest BCUT2D eigenvalue weighted by atomic mass is 9.97. The number of rotatable bonds is 5. The van der Waals surface area contributed by atoms with E-state index >= 15 is 0 Å². The van der Waals surface area contributed by atoms with Gasteiger partial charge in [-0.05, 0) is 59.2 Å². The zero-order valence-electron chi connectivity index (χ0n) is 27.1. The normalized spacial score (nSPS) is 11.6. The van der Waals surface area contributed by atoms with Crippen molar-refractivity contribution in [3.05, 3.63) is 182 Å². The van der Waals surface area contributed by atoms with Crippen LogP contribution in [-0.2, 0) is 0 Å². The van der Waals surface area contributed by atoms with Crippen LogP contribution in [0.2, 0.25) is 0 Å². The standard InChI is InChI=1S/C47H30N2O/c1-3-12-31(13-4-1)32-22-24-33(25-23-32)42-28-35(37-18-11-19-41-40-17-8-10-21-46(40)50-47(37)41)29-43(48-42)34-26-27-39-38-16-7-9-20-44(38)49(45(39)30-34)36-14-5-2-6-15-36/h1-30H. The predicted octanol–water partition coefficient (Wildman–Crippen LogP) is 12.7. The van der Waals surface area contributed by atoms with Crippen molar-refractivity contribution in [1.82, 2.24) is 9.55 Å². The van der Waals surface area contributed by atoms with Crippen molar-refractivity contribution in [3.63, 3.8) is 0 Å². The fourth-order valence-electron chi connectivity index (χ4n) is 7.41. The SMILES string of the molecule is c1ccc(-c2ccc(-c3cc(-c4cccc5c4oc4ccccc45)cc(-c4ccc5c6ccccc6n(-c6ccccc6)c5c4)n3)cc2)cc1. The Labute approximate surface area is 289 Å². The van der Waals surface area contributed by atoms with E-state index in [-0.39, 0.29) is 0 Å². The van der Waals surface area contributed by atoms with E-state index in [2.05, 4.69) is 168 Å². The van der Waals surface area contributed by atoms with Crippen molar-refractivity contribution >= 4 is 43.7 Å². The molecule has 3 aromatic heterocycles. The first-order chi connectivity index (χ1) is 24.8. The van der Waals surface area contributed by atoms with E-state index in [4.69, 9.17) is 9.40 Å². The Kier molecular flexibility index (Phi) is 6.49. The van der Waals surface area contributed by atoms with Crippen LogP contribution < -0.4 is 0 Å². The summed E-state index contributed by atoms with van der Waals surface area (Å²) in [5.74, 6) is 0. The van der Waals surface area contributed by atoms with Crippen LogP contribution in [0.15, 0.2) is 186 Å². The van der Waals surface area contributed by atoms with Gasteiger partial charge in [0.2, 0.25) is 0 Å². The molecule has 3 heteroatoms. The number of benzene rings is 7.